The molecule has 0 spiro atoms. The molecular formula is C20H13N5O4S. The molecule has 0 bridgehead atoms. The van der Waals surface area contributed by atoms with Crippen LogP contribution in [0.25, 0.3) is 21.7 Å². The fourth-order valence-corrected chi connectivity index (χ4v) is 3.57. The molecule has 3 amide bonds. The Hall–Kier alpha value is -4.10. The first kappa shape index (κ1) is 19.2. The van der Waals surface area contributed by atoms with Crippen molar-refractivity contribution >= 4 is 29.1 Å². The highest BCUT2D eigenvalue weighted by Gasteiger charge is 2.32. The van der Waals surface area contributed by atoms with Crippen molar-refractivity contribution in [3.63, 3.8) is 0 Å². The monoisotopic (exact) mass is 419 g/mol. The van der Waals surface area contributed by atoms with Gasteiger partial charge in [0.1, 0.15) is 18.1 Å². The molecule has 0 saturated carbocycles. The third kappa shape index (κ3) is 3.74. The topological polar surface area (TPSA) is 125 Å². The molecule has 4 rings (SSSR count). The Balaban J connectivity index is 1.70. The van der Waals surface area contributed by atoms with Gasteiger partial charge in [-0.3, -0.25) is 24.8 Å². The fraction of sp³-hybridized carbons (Fsp3) is 0.100. The number of hydrazine groups is 1. The number of carbonyl (C=O) groups is 3. The normalized spacial score (nSPS) is 13.1. The Morgan fingerprint density at radius 3 is 2.73 bits per heavy atom. The van der Waals surface area contributed by atoms with Gasteiger partial charge in [0, 0.05) is 18.0 Å². The third-order valence-corrected chi connectivity index (χ3v) is 5.13. The summed E-state index contributed by atoms with van der Waals surface area (Å²) in [7, 11) is 0. The van der Waals surface area contributed by atoms with Crippen LogP contribution in [-0.4, -0.2) is 39.3 Å². The second-order valence-corrected chi connectivity index (χ2v) is 7.13. The number of nitrogens with one attached hydrogen (secondary N) is 1. The van der Waals surface area contributed by atoms with Gasteiger partial charge in [0.05, 0.1) is 10.6 Å². The van der Waals surface area contributed by atoms with Crippen LogP contribution in [0, 0.1) is 11.3 Å². The van der Waals surface area contributed by atoms with Crippen LogP contribution in [0.2, 0.25) is 0 Å². The Labute approximate surface area is 174 Å². The maximum atomic E-state index is 12.3. The van der Waals surface area contributed by atoms with Gasteiger partial charge in [-0.15, -0.1) is 11.3 Å². The van der Waals surface area contributed by atoms with E-state index in [1.54, 1.807) is 30.6 Å². The zero-order valence-corrected chi connectivity index (χ0v) is 16.2. The summed E-state index contributed by atoms with van der Waals surface area (Å²) in [4.78, 5) is 44.5. The van der Waals surface area contributed by atoms with E-state index in [0.29, 0.717) is 16.3 Å². The smallest absolute Gasteiger partial charge is 0.286 e. The van der Waals surface area contributed by atoms with E-state index >= 15 is 0 Å². The van der Waals surface area contributed by atoms with Crippen LogP contribution in [0.5, 0.6) is 5.88 Å². The highest BCUT2D eigenvalue weighted by Crippen LogP contribution is 2.34. The molecule has 3 aromatic heterocycles. The minimum atomic E-state index is -0.761. The minimum absolute atomic E-state index is 0.0402. The molecule has 1 aliphatic heterocycles. The van der Waals surface area contributed by atoms with E-state index in [2.05, 4.69) is 21.5 Å². The quantitative estimate of drug-likeness (QED) is 0.626. The van der Waals surface area contributed by atoms with E-state index < -0.39 is 30.7 Å². The van der Waals surface area contributed by atoms with Crippen LogP contribution in [0.3, 0.4) is 0 Å². The molecule has 10 heteroatoms. The summed E-state index contributed by atoms with van der Waals surface area (Å²) in [6.45, 7) is -0.572. The van der Waals surface area contributed by atoms with E-state index in [-0.39, 0.29) is 11.4 Å². The Bertz CT molecular complexity index is 1170. The predicted molar refractivity (Wildman–Crippen MR) is 106 cm³/mol. The van der Waals surface area contributed by atoms with Gasteiger partial charge in [-0.2, -0.15) is 10.3 Å². The second kappa shape index (κ2) is 8.10. The number of hydrogen-bond acceptors (Lipinski definition) is 8. The second-order valence-electron chi connectivity index (χ2n) is 6.18. The van der Waals surface area contributed by atoms with Crippen molar-refractivity contribution in [2.24, 2.45) is 0 Å². The summed E-state index contributed by atoms with van der Waals surface area (Å²) in [6, 6.07) is 11.1. The van der Waals surface area contributed by atoms with Crippen molar-refractivity contribution in [3.05, 3.63) is 53.7 Å². The Morgan fingerprint density at radius 1 is 1.30 bits per heavy atom. The van der Waals surface area contributed by atoms with E-state index in [9.17, 15) is 19.6 Å². The number of nitriles is 1. The predicted octanol–water partition coefficient (Wildman–Crippen LogP) is 1.91. The lowest BCUT2D eigenvalue weighted by Gasteiger charge is -2.15. The Kier molecular flexibility index (Phi) is 5.19. The third-order valence-electron chi connectivity index (χ3n) is 4.24. The highest BCUT2D eigenvalue weighted by molar-refractivity contribution is 7.13. The number of imide groups is 1. The van der Waals surface area contributed by atoms with Gasteiger partial charge in [-0.25, -0.2) is 4.98 Å². The standard InChI is InChI=1S/C20H13N5O4S/c21-10-14-13(12-3-5-22-6-4-12)8-15(16-2-1-7-30-16)23-20(14)29-11-19(28)25-18(27)9-17(26)24-25/h1-8H,9,11H2,(H,24,26). The van der Waals surface area contributed by atoms with E-state index in [1.165, 1.54) is 11.3 Å². The van der Waals surface area contributed by atoms with Gasteiger partial charge < -0.3 is 4.74 Å². The Morgan fingerprint density at radius 2 is 2.10 bits per heavy atom. The number of carbonyl (C=O) groups excluding carboxylic acids is 3. The number of nitrogens with zero attached hydrogens (tertiary/aromatic N) is 4. The zero-order chi connectivity index (χ0) is 21.1. The molecule has 0 aromatic carbocycles. The largest absolute Gasteiger partial charge is 0.466 e. The molecule has 30 heavy (non-hydrogen) atoms. The first-order valence-electron chi connectivity index (χ1n) is 8.74. The summed E-state index contributed by atoms with van der Waals surface area (Å²) in [5.74, 6) is -2.03. The lowest BCUT2D eigenvalue weighted by molar-refractivity contribution is -0.147. The van der Waals surface area contributed by atoms with Gasteiger partial charge in [0.15, 0.2) is 6.61 Å². The number of amides is 3. The zero-order valence-electron chi connectivity index (χ0n) is 15.4. The van der Waals surface area contributed by atoms with Gasteiger partial charge in [-0.05, 0) is 35.2 Å². The average molecular weight is 419 g/mol. The highest BCUT2D eigenvalue weighted by atomic mass is 32.1. The molecule has 0 radical (unpaired) electrons. The SMILES string of the molecule is N#Cc1c(-c2ccncc2)cc(-c2cccs2)nc1OCC(=O)N1NC(=O)CC1=O. The van der Waals surface area contributed by atoms with Crippen molar-refractivity contribution in [2.75, 3.05) is 6.61 Å². The molecule has 4 heterocycles. The van der Waals surface area contributed by atoms with Crippen LogP contribution in [0.4, 0.5) is 0 Å². The van der Waals surface area contributed by atoms with Crippen LogP contribution < -0.4 is 10.2 Å². The number of hydrogen-bond donors (Lipinski definition) is 1. The first-order chi connectivity index (χ1) is 14.6. The molecule has 9 nitrogen and oxygen atoms in total. The minimum Gasteiger partial charge on any atom is -0.466 e. The van der Waals surface area contributed by atoms with Crippen molar-refractivity contribution < 1.29 is 19.1 Å². The van der Waals surface area contributed by atoms with Crippen molar-refractivity contribution in [1.29, 1.82) is 5.26 Å². The molecule has 0 atom stereocenters. The first-order valence-corrected chi connectivity index (χ1v) is 9.62. The summed E-state index contributed by atoms with van der Waals surface area (Å²) >= 11 is 1.47. The average Bonchev–Trinajstić information content (AvgIpc) is 3.41. The molecule has 1 fully saturated rings. The molecular weight excluding hydrogens is 406 g/mol. The van der Waals surface area contributed by atoms with Crippen molar-refractivity contribution in [1.82, 2.24) is 20.4 Å². The number of pyridine rings is 2. The molecule has 0 unspecified atom stereocenters. The summed E-state index contributed by atoms with van der Waals surface area (Å²) < 4.78 is 5.55. The van der Waals surface area contributed by atoms with E-state index in [4.69, 9.17) is 4.74 Å². The summed E-state index contributed by atoms with van der Waals surface area (Å²) in [5.41, 5.74) is 4.19. The maximum absolute atomic E-state index is 12.3. The van der Waals surface area contributed by atoms with Gasteiger partial charge >= 0.3 is 0 Å². The van der Waals surface area contributed by atoms with Crippen LogP contribution in [-0.2, 0) is 14.4 Å². The molecule has 148 valence electrons. The summed E-state index contributed by atoms with van der Waals surface area (Å²) in [6.07, 6.45) is 2.81. The van der Waals surface area contributed by atoms with Crippen LogP contribution >= 0.6 is 11.3 Å². The number of thiophene rings is 1. The maximum Gasteiger partial charge on any atom is 0.286 e. The number of aromatic nitrogens is 2. The number of ether oxygens (including phenoxy) is 1. The summed E-state index contributed by atoms with van der Waals surface area (Å²) in [5, 5.41) is 12.3. The fourth-order valence-electron chi connectivity index (χ4n) is 2.88. The molecule has 1 saturated heterocycles. The van der Waals surface area contributed by atoms with E-state index in [0.717, 1.165) is 10.4 Å². The van der Waals surface area contributed by atoms with Crippen molar-refractivity contribution in [2.45, 2.75) is 6.42 Å². The lowest BCUT2D eigenvalue weighted by Crippen LogP contribution is -2.43. The van der Waals surface area contributed by atoms with Gasteiger partial charge in [-0.1, -0.05) is 6.07 Å². The lowest BCUT2D eigenvalue weighted by atomic mass is 10.0. The van der Waals surface area contributed by atoms with Crippen LogP contribution in [0.1, 0.15) is 12.0 Å². The van der Waals surface area contributed by atoms with Gasteiger partial charge in [0.25, 0.3) is 11.8 Å². The molecule has 0 aliphatic carbocycles. The number of rotatable bonds is 5. The molecule has 1 aliphatic rings. The van der Waals surface area contributed by atoms with Crippen molar-refractivity contribution in [3.8, 4) is 33.6 Å². The molecule has 1 N–H and O–H groups in total. The molecule has 3 aromatic rings. The van der Waals surface area contributed by atoms with E-state index in [1.807, 2.05) is 17.5 Å². The van der Waals surface area contributed by atoms with Gasteiger partial charge in [0.2, 0.25) is 11.8 Å². The van der Waals surface area contributed by atoms with Crippen LogP contribution in [0.15, 0.2) is 48.1 Å².